The van der Waals surface area contributed by atoms with Gasteiger partial charge in [0, 0.05) is 12.7 Å². The highest BCUT2D eigenvalue weighted by Crippen LogP contribution is 2.26. The molecule has 0 aliphatic heterocycles. The topological polar surface area (TPSA) is 39.1 Å². The third kappa shape index (κ3) is 3.32. The standard InChI is InChI=1S/C16H23N3O/c1-11-15(12(2)19(6)18-11)17-13-7-9-14(10-8-13)20-16(3,4)5/h7-10,17H,1-6H3. The molecule has 4 nitrogen and oxygen atoms in total. The van der Waals surface area contributed by atoms with Gasteiger partial charge in [0.15, 0.2) is 0 Å². The van der Waals surface area contributed by atoms with E-state index in [-0.39, 0.29) is 5.60 Å². The minimum Gasteiger partial charge on any atom is -0.488 e. The number of anilines is 2. The lowest BCUT2D eigenvalue weighted by Crippen LogP contribution is -2.22. The lowest BCUT2D eigenvalue weighted by Gasteiger charge is -2.21. The largest absolute Gasteiger partial charge is 0.488 e. The second-order valence-electron chi connectivity index (χ2n) is 6.03. The van der Waals surface area contributed by atoms with E-state index in [2.05, 4.69) is 17.3 Å². The van der Waals surface area contributed by atoms with Gasteiger partial charge in [0.05, 0.1) is 17.1 Å². The first-order chi connectivity index (χ1) is 9.26. The predicted octanol–water partition coefficient (Wildman–Crippen LogP) is 3.96. The molecule has 0 saturated carbocycles. The average Bonchev–Trinajstić information content (AvgIpc) is 2.56. The second kappa shape index (κ2) is 5.19. The van der Waals surface area contributed by atoms with Crippen LogP contribution in [-0.2, 0) is 7.05 Å². The molecule has 108 valence electrons. The van der Waals surface area contributed by atoms with Crippen LogP contribution in [0.1, 0.15) is 32.2 Å². The molecule has 0 aliphatic carbocycles. The summed E-state index contributed by atoms with van der Waals surface area (Å²) < 4.78 is 7.70. The number of nitrogens with one attached hydrogen (secondary N) is 1. The van der Waals surface area contributed by atoms with Crippen molar-refractivity contribution in [3.05, 3.63) is 35.7 Å². The lowest BCUT2D eigenvalue weighted by atomic mass is 10.2. The van der Waals surface area contributed by atoms with Gasteiger partial charge >= 0.3 is 0 Å². The van der Waals surface area contributed by atoms with Crippen molar-refractivity contribution >= 4 is 11.4 Å². The van der Waals surface area contributed by atoms with E-state index in [0.717, 1.165) is 28.5 Å². The fourth-order valence-electron chi connectivity index (χ4n) is 2.06. The SMILES string of the molecule is Cc1nn(C)c(C)c1Nc1ccc(OC(C)(C)C)cc1. The van der Waals surface area contributed by atoms with Crippen LogP contribution in [0.25, 0.3) is 0 Å². The first-order valence-electron chi connectivity index (χ1n) is 6.82. The lowest BCUT2D eigenvalue weighted by molar-refractivity contribution is 0.131. The molecule has 1 N–H and O–H groups in total. The maximum atomic E-state index is 5.81. The highest BCUT2D eigenvalue weighted by atomic mass is 16.5. The minimum absolute atomic E-state index is 0.175. The summed E-state index contributed by atoms with van der Waals surface area (Å²) in [6.07, 6.45) is 0. The monoisotopic (exact) mass is 273 g/mol. The molecule has 0 aliphatic rings. The van der Waals surface area contributed by atoms with Crippen LogP contribution in [0.4, 0.5) is 11.4 Å². The van der Waals surface area contributed by atoms with Crippen molar-refractivity contribution in [1.82, 2.24) is 9.78 Å². The molecule has 2 rings (SSSR count). The van der Waals surface area contributed by atoms with Gasteiger partial charge in [0.25, 0.3) is 0 Å². The van der Waals surface area contributed by atoms with Gasteiger partial charge in [-0.3, -0.25) is 4.68 Å². The Morgan fingerprint density at radius 3 is 2.15 bits per heavy atom. The Morgan fingerprint density at radius 2 is 1.70 bits per heavy atom. The number of ether oxygens (including phenoxy) is 1. The predicted molar refractivity (Wildman–Crippen MR) is 82.8 cm³/mol. The Hall–Kier alpha value is -1.97. The van der Waals surface area contributed by atoms with E-state index in [1.54, 1.807) is 0 Å². The molecule has 1 aromatic heterocycles. The van der Waals surface area contributed by atoms with Crippen LogP contribution in [-0.4, -0.2) is 15.4 Å². The highest BCUT2D eigenvalue weighted by Gasteiger charge is 2.12. The first-order valence-corrected chi connectivity index (χ1v) is 6.82. The Labute approximate surface area is 120 Å². The molecule has 1 heterocycles. The van der Waals surface area contributed by atoms with Crippen LogP contribution >= 0.6 is 0 Å². The maximum absolute atomic E-state index is 5.81. The number of rotatable bonds is 3. The molecule has 0 saturated heterocycles. The zero-order valence-electron chi connectivity index (χ0n) is 13.1. The fourth-order valence-corrected chi connectivity index (χ4v) is 2.06. The summed E-state index contributed by atoms with van der Waals surface area (Å²) in [4.78, 5) is 0. The first kappa shape index (κ1) is 14.4. The smallest absolute Gasteiger partial charge is 0.120 e. The number of hydrogen-bond acceptors (Lipinski definition) is 3. The molecule has 2 aromatic rings. The van der Waals surface area contributed by atoms with E-state index in [1.807, 2.05) is 63.7 Å². The molecule has 0 unspecified atom stereocenters. The van der Waals surface area contributed by atoms with Crippen molar-refractivity contribution in [2.24, 2.45) is 7.05 Å². The van der Waals surface area contributed by atoms with Gasteiger partial charge in [-0.05, 0) is 58.9 Å². The van der Waals surface area contributed by atoms with E-state index >= 15 is 0 Å². The molecule has 0 amide bonds. The molecule has 20 heavy (non-hydrogen) atoms. The summed E-state index contributed by atoms with van der Waals surface area (Å²) in [5.41, 5.74) is 4.05. The van der Waals surface area contributed by atoms with Crippen molar-refractivity contribution in [2.75, 3.05) is 5.32 Å². The normalized spacial score (nSPS) is 11.5. The van der Waals surface area contributed by atoms with Crippen LogP contribution in [0.5, 0.6) is 5.75 Å². The minimum atomic E-state index is -0.175. The summed E-state index contributed by atoms with van der Waals surface area (Å²) in [7, 11) is 1.95. The van der Waals surface area contributed by atoms with Crippen LogP contribution in [0.3, 0.4) is 0 Å². The summed E-state index contributed by atoms with van der Waals surface area (Å²) in [6.45, 7) is 10.2. The Morgan fingerprint density at radius 1 is 1.10 bits per heavy atom. The van der Waals surface area contributed by atoms with E-state index in [9.17, 15) is 0 Å². The highest BCUT2D eigenvalue weighted by molar-refractivity contribution is 5.64. The van der Waals surface area contributed by atoms with Crippen molar-refractivity contribution in [2.45, 2.75) is 40.2 Å². The number of benzene rings is 1. The molecule has 0 atom stereocenters. The molecule has 0 spiro atoms. The van der Waals surface area contributed by atoms with Gasteiger partial charge in [-0.2, -0.15) is 5.10 Å². The quantitative estimate of drug-likeness (QED) is 0.920. The molecule has 0 radical (unpaired) electrons. The van der Waals surface area contributed by atoms with Gasteiger partial charge in [0.1, 0.15) is 11.4 Å². The van der Waals surface area contributed by atoms with Crippen molar-refractivity contribution in [3.63, 3.8) is 0 Å². The summed E-state index contributed by atoms with van der Waals surface area (Å²) in [6, 6.07) is 8.00. The molecular formula is C16H23N3O. The van der Waals surface area contributed by atoms with E-state index in [1.165, 1.54) is 0 Å². The third-order valence-electron chi connectivity index (χ3n) is 3.06. The summed E-state index contributed by atoms with van der Waals surface area (Å²) >= 11 is 0. The molecular weight excluding hydrogens is 250 g/mol. The van der Waals surface area contributed by atoms with Crippen LogP contribution in [0.15, 0.2) is 24.3 Å². The second-order valence-corrected chi connectivity index (χ2v) is 6.03. The third-order valence-corrected chi connectivity index (χ3v) is 3.06. The Balaban J connectivity index is 2.15. The molecule has 0 fully saturated rings. The summed E-state index contributed by atoms with van der Waals surface area (Å²) in [5.74, 6) is 0.877. The zero-order valence-corrected chi connectivity index (χ0v) is 13.1. The van der Waals surface area contributed by atoms with E-state index in [0.29, 0.717) is 0 Å². The van der Waals surface area contributed by atoms with Gasteiger partial charge in [0.2, 0.25) is 0 Å². The van der Waals surface area contributed by atoms with Crippen LogP contribution in [0, 0.1) is 13.8 Å². The molecule has 1 aromatic carbocycles. The van der Waals surface area contributed by atoms with Crippen LogP contribution < -0.4 is 10.1 Å². The van der Waals surface area contributed by atoms with Gasteiger partial charge in [-0.1, -0.05) is 0 Å². The molecule has 4 heteroatoms. The Bertz CT molecular complexity index is 591. The van der Waals surface area contributed by atoms with Gasteiger partial charge in [-0.15, -0.1) is 0 Å². The van der Waals surface area contributed by atoms with Gasteiger partial charge in [-0.25, -0.2) is 0 Å². The maximum Gasteiger partial charge on any atom is 0.120 e. The fraction of sp³-hybridized carbons (Fsp3) is 0.438. The van der Waals surface area contributed by atoms with Gasteiger partial charge < -0.3 is 10.1 Å². The van der Waals surface area contributed by atoms with E-state index < -0.39 is 0 Å². The van der Waals surface area contributed by atoms with Crippen molar-refractivity contribution in [3.8, 4) is 5.75 Å². The summed E-state index contributed by atoms with van der Waals surface area (Å²) in [5, 5.41) is 7.81. The van der Waals surface area contributed by atoms with Crippen molar-refractivity contribution in [1.29, 1.82) is 0 Å². The number of aryl methyl sites for hydroxylation is 2. The number of hydrogen-bond donors (Lipinski definition) is 1. The zero-order chi connectivity index (χ0) is 14.9. The number of nitrogens with zero attached hydrogens (tertiary/aromatic N) is 2. The average molecular weight is 273 g/mol. The molecule has 0 bridgehead atoms. The number of aromatic nitrogens is 2. The van der Waals surface area contributed by atoms with E-state index in [4.69, 9.17) is 4.74 Å². The van der Waals surface area contributed by atoms with Crippen molar-refractivity contribution < 1.29 is 4.74 Å². The van der Waals surface area contributed by atoms with Crippen LogP contribution in [0.2, 0.25) is 0 Å². The Kier molecular flexibility index (Phi) is 3.75.